The highest BCUT2D eigenvalue weighted by atomic mass is 32.2. The third-order valence-electron chi connectivity index (χ3n) is 4.45. The normalized spacial score (nSPS) is 11.8. The number of carbonyl (C=O) groups is 1. The lowest BCUT2D eigenvalue weighted by Crippen LogP contribution is -2.30. The number of thioether (sulfide) groups is 1. The Kier molecular flexibility index (Phi) is 6.46. The molecule has 0 aliphatic heterocycles. The summed E-state index contributed by atoms with van der Waals surface area (Å²) >= 11 is 2.97. The molecule has 2 heterocycles. The Morgan fingerprint density at radius 1 is 1.17 bits per heavy atom. The number of nitrogens with one attached hydrogen (secondary N) is 1. The van der Waals surface area contributed by atoms with Crippen LogP contribution in [0.4, 0.5) is 0 Å². The molecule has 30 heavy (non-hydrogen) atoms. The van der Waals surface area contributed by atoms with Gasteiger partial charge in [0.1, 0.15) is 12.1 Å². The van der Waals surface area contributed by atoms with Crippen LogP contribution in [-0.4, -0.2) is 33.5 Å². The molecular weight excluding hydrogens is 416 g/mol. The molecule has 0 unspecified atom stereocenters. The fraction of sp³-hybridized carbons (Fsp3) is 0.136. The zero-order valence-electron chi connectivity index (χ0n) is 16.3. The molecule has 0 fully saturated rings. The Hall–Kier alpha value is -3.10. The van der Waals surface area contributed by atoms with Gasteiger partial charge in [-0.25, -0.2) is 0 Å². The van der Waals surface area contributed by atoms with E-state index in [1.165, 1.54) is 11.8 Å². The molecule has 1 atom stereocenters. The number of nitrogens with zero attached hydrogens (tertiary/aromatic N) is 3. The quantitative estimate of drug-likeness (QED) is 0.416. The Morgan fingerprint density at radius 3 is 2.80 bits per heavy atom. The lowest BCUT2D eigenvalue weighted by molar-refractivity contribution is -0.119. The Morgan fingerprint density at radius 2 is 2.03 bits per heavy atom. The van der Waals surface area contributed by atoms with E-state index in [1.807, 2.05) is 76.7 Å². The highest BCUT2D eigenvalue weighted by Crippen LogP contribution is 2.27. The van der Waals surface area contributed by atoms with Crippen LogP contribution < -0.4 is 10.1 Å². The van der Waals surface area contributed by atoms with Gasteiger partial charge in [0.25, 0.3) is 0 Å². The standard InChI is InChI=1S/C22H20N4O2S2/c1-28-18-10-5-9-17(13-18)26-15-23-25-22(26)30-14-20(27)24-21(19-11-6-12-29-19)16-7-3-2-4-8-16/h2-13,15,21H,14H2,1H3,(H,24,27)/t21-/m0/s1. The van der Waals surface area contributed by atoms with Gasteiger partial charge in [0.15, 0.2) is 5.16 Å². The van der Waals surface area contributed by atoms with Gasteiger partial charge in [0.05, 0.1) is 24.6 Å². The summed E-state index contributed by atoms with van der Waals surface area (Å²) in [6.45, 7) is 0. The number of hydrogen-bond acceptors (Lipinski definition) is 6. The van der Waals surface area contributed by atoms with Gasteiger partial charge < -0.3 is 10.1 Å². The molecule has 152 valence electrons. The van der Waals surface area contributed by atoms with Gasteiger partial charge >= 0.3 is 0 Å². The van der Waals surface area contributed by atoms with E-state index in [-0.39, 0.29) is 17.7 Å². The number of hydrogen-bond donors (Lipinski definition) is 1. The van der Waals surface area contributed by atoms with E-state index < -0.39 is 0 Å². The van der Waals surface area contributed by atoms with Crippen LogP contribution in [0, 0.1) is 0 Å². The molecule has 2 aromatic heterocycles. The average molecular weight is 437 g/mol. The molecule has 0 saturated heterocycles. The number of thiophene rings is 1. The molecule has 1 N–H and O–H groups in total. The van der Waals surface area contributed by atoms with Crippen molar-refractivity contribution in [3.63, 3.8) is 0 Å². The van der Waals surface area contributed by atoms with Crippen LogP contribution in [0.1, 0.15) is 16.5 Å². The van der Waals surface area contributed by atoms with E-state index in [1.54, 1.807) is 24.8 Å². The molecule has 2 aromatic carbocycles. The minimum atomic E-state index is -0.171. The van der Waals surface area contributed by atoms with Crippen LogP contribution >= 0.6 is 23.1 Å². The zero-order chi connectivity index (χ0) is 20.8. The predicted octanol–water partition coefficient (Wildman–Crippen LogP) is 4.34. The van der Waals surface area contributed by atoms with Gasteiger partial charge in [0.2, 0.25) is 5.91 Å². The van der Waals surface area contributed by atoms with Gasteiger partial charge in [-0.15, -0.1) is 21.5 Å². The third kappa shape index (κ3) is 4.72. The highest BCUT2D eigenvalue weighted by Gasteiger charge is 2.18. The van der Waals surface area contributed by atoms with E-state index in [4.69, 9.17) is 4.74 Å². The van der Waals surface area contributed by atoms with Crippen molar-refractivity contribution in [2.45, 2.75) is 11.2 Å². The maximum Gasteiger partial charge on any atom is 0.231 e. The molecule has 0 aliphatic rings. The van der Waals surface area contributed by atoms with Crippen molar-refractivity contribution in [2.75, 3.05) is 12.9 Å². The van der Waals surface area contributed by atoms with Crippen LogP contribution in [0.25, 0.3) is 5.69 Å². The fourth-order valence-electron chi connectivity index (χ4n) is 3.01. The van der Waals surface area contributed by atoms with E-state index in [0.29, 0.717) is 5.16 Å². The Balaban J connectivity index is 1.46. The number of rotatable bonds is 8. The van der Waals surface area contributed by atoms with Crippen molar-refractivity contribution < 1.29 is 9.53 Å². The second-order valence-corrected chi connectivity index (χ2v) is 8.32. The number of methoxy groups -OCH3 is 1. The first-order chi connectivity index (χ1) is 14.7. The highest BCUT2D eigenvalue weighted by molar-refractivity contribution is 7.99. The minimum Gasteiger partial charge on any atom is -0.497 e. The zero-order valence-corrected chi connectivity index (χ0v) is 17.9. The van der Waals surface area contributed by atoms with Crippen molar-refractivity contribution in [2.24, 2.45) is 0 Å². The molecule has 0 aliphatic carbocycles. The molecule has 4 aromatic rings. The summed E-state index contributed by atoms with van der Waals surface area (Å²) in [6.07, 6.45) is 1.63. The minimum absolute atomic E-state index is 0.0672. The van der Waals surface area contributed by atoms with Crippen LogP contribution in [0.3, 0.4) is 0 Å². The fourth-order valence-corrected chi connectivity index (χ4v) is 4.56. The summed E-state index contributed by atoms with van der Waals surface area (Å²) < 4.78 is 7.13. The largest absolute Gasteiger partial charge is 0.497 e. The van der Waals surface area contributed by atoms with Crippen LogP contribution in [-0.2, 0) is 4.79 Å². The first-order valence-electron chi connectivity index (χ1n) is 9.29. The molecule has 1 amide bonds. The molecule has 4 rings (SSSR count). The summed E-state index contributed by atoms with van der Waals surface area (Å²) in [5, 5.41) is 14.0. The smallest absolute Gasteiger partial charge is 0.231 e. The summed E-state index contributed by atoms with van der Waals surface area (Å²) in [7, 11) is 1.63. The van der Waals surface area contributed by atoms with E-state index in [0.717, 1.165) is 21.9 Å². The first-order valence-corrected chi connectivity index (χ1v) is 11.2. The number of aromatic nitrogens is 3. The first kappa shape index (κ1) is 20.2. The molecule has 0 saturated carbocycles. The lowest BCUT2D eigenvalue weighted by atomic mass is 10.1. The molecule has 0 spiro atoms. The molecule has 6 nitrogen and oxygen atoms in total. The average Bonchev–Trinajstić information content (AvgIpc) is 3.49. The number of benzene rings is 2. The maximum absolute atomic E-state index is 12.8. The van der Waals surface area contributed by atoms with Crippen LogP contribution in [0.15, 0.2) is 83.6 Å². The molecule has 0 bridgehead atoms. The summed E-state index contributed by atoms with van der Waals surface area (Å²) in [5.74, 6) is 0.913. The number of ether oxygens (including phenoxy) is 1. The maximum atomic E-state index is 12.8. The summed E-state index contributed by atoms with van der Waals surface area (Å²) in [6, 6.07) is 21.5. The van der Waals surface area contributed by atoms with Crippen molar-refractivity contribution in [1.82, 2.24) is 20.1 Å². The van der Waals surface area contributed by atoms with Crippen molar-refractivity contribution in [3.05, 3.63) is 88.9 Å². The Bertz CT molecular complexity index is 1100. The third-order valence-corrected chi connectivity index (χ3v) is 6.33. The van der Waals surface area contributed by atoms with Crippen LogP contribution in [0.5, 0.6) is 5.75 Å². The molecule has 8 heteroatoms. The monoisotopic (exact) mass is 436 g/mol. The summed E-state index contributed by atoms with van der Waals surface area (Å²) in [5.41, 5.74) is 1.93. The van der Waals surface area contributed by atoms with Crippen LogP contribution in [0.2, 0.25) is 0 Å². The second-order valence-electron chi connectivity index (χ2n) is 6.40. The Labute approximate surface area is 182 Å². The van der Waals surface area contributed by atoms with E-state index >= 15 is 0 Å². The van der Waals surface area contributed by atoms with Gasteiger partial charge in [-0.3, -0.25) is 9.36 Å². The number of amides is 1. The van der Waals surface area contributed by atoms with Crippen molar-refractivity contribution in [1.29, 1.82) is 0 Å². The molecular formula is C22H20N4O2S2. The van der Waals surface area contributed by atoms with Gasteiger partial charge in [-0.2, -0.15) is 0 Å². The molecule has 0 radical (unpaired) electrons. The van der Waals surface area contributed by atoms with Crippen molar-refractivity contribution >= 4 is 29.0 Å². The van der Waals surface area contributed by atoms with E-state index in [9.17, 15) is 4.79 Å². The van der Waals surface area contributed by atoms with Crippen molar-refractivity contribution in [3.8, 4) is 11.4 Å². The SMILES string of the molecule is COc1cccc(-n2cnnc2SCC(=O)N[C@@H](c2ccccc2)c2cccs2)c1. The van der Waals surface area contributed by atoms with Gasteiger partial charge in [0, 0.05) is 10.9 Å². The van der Waals surface area contributed by atoms with E-state index in [2.05, 4.69) is 15.5 Å². The summed E-state index contributed by atoms with van der Waals surface area (Å²) in [4.78, 5) is 13.9. The second kappa shape index (κ2) is 9.60. The number of carbonyl (C=O) groups excluding carboxylic acids is 1. The van der Waals surface area contributed by atoms with Gasteiger partial charge in [-0.05, 0) is 29.1 Å². The lowest BCUT2D eigenvalue weighted by Gasteiger charge is -2.18. The van der Waals surface area contributed by atoms with Gasteiger partial charge in [-0.1, -0.05) is 54.2 Å². The predicted molar refractivity (Wildman–Crippen MR) is 119 cm³/mol. The topological polar surface area (TPSA) is 69.0 Å².